The van der Waals surface area contributed by atoms with E-state index in [0.29, 0.717) is 6.04 Å². The van der Waals surface area contributed by atoms with Gasteiger partial charge in [0.2, 0.25) is 0 Å². The summed E-state index contributed by atoms with van der Waals surface area (Å²) in [4.78, 5) is 6.74. The Bertz CT molecular complexity index is 447. The second-order valence-corrected chi connectivity index (χ2v) is 6.99. The molecular formula is C18H30N2S. The Balaban J connectivity index is 0.000000774. The lowest BCUT2D eigenvalue weighted by Gasteiger charge is -2.36. The Labute approximate surface area is 134 Å². The Morgan fingerprint density at radius 3 is 2.52 bits per heavy atom. The van der Waals surface area contributed by atoms with E-state index in [4.69, 9.17) is 0 Å². The standard InChI is InChI=1S/C16H24N2S.C2H6/c1-12(2)18-11-14-8-15(18)10-17(14)9-13-5-4-6-16(7-13)19-3;1-2/h4-7,12,14-15H,8-11H2,1-3H3;1-2H3. The highest BCUT2D eigenvalue weighted by Crippen LogP contribution is 2.33. The highest BCUT2D eigenvalue weighted by atomic mass is 32.2. The maximum atomic E-state index is 2.68. The zero-order valence-corrected chi connectivity index (χ0v) is 15.0. The average Bonchev–Trinajstić information content (AvgIpc) is 3.09. The van der Waals surface area contributed by atoms with Crippen LogP contribution in [-0.4, -0.2) is 47.3 Å². The van der Waals surface area contributed by atoms with Crippen LogP contribution < -0.4 is 0 Å². The smallest absolute Gasteiger partial charge is 0.0242 e. The SMILES string of the molecule is CC.CSc1cccc(CN2CC3CC2CN3C(C)C)c1. The van der Waals surface area contributed by atoms with Gasteiger partial charge in [-0.2, -0.15) is 0 Å². The minimum absolute atomic E-state index is 0.706. The quantitative estimate of drug-likeness (QED) is 0.773. The predicted octanol–water partition coefficient (Wildman–Crippen LogP) is 4.10. The molecular weight excluding hydrogens is 276 g/mol. The average molecular weight is 307 g/mol. The zero-order chi connectivity index (χ0) is 15.4. The fourth-order valence-electron chi connectivity index (χ4n) is 3.61. The highest BCUT2D eigenvalue weighted by Gasteiger charge is 2.43. The molecule has 0 radical (unpaired) electrons. The third-order valence-corrected chi connectivity index (χ3v) is 5.30. The number of likely N-dealkylation sites (tertiary alicyclic amines) is 2. The van der Waals surface area contributed by atoms with Crippen LogP contribution in [0.4, 0.5) is 0 Å². The third kappa shape index (κ3) is 3.82. The van der Waals surface area contributed by atoms with E-state index in [0.717, 1.165) is 18.6 Å². The Kier molecular flexibility index (Phi) is 6.15. The lowest BCUT2D eigenvalue weighted by molar-refractivity contribution is 0.0998. The van der Waals surface area contributed by atoms with Gasteiger partial charge in [-0.25, -0.2) is 0 Å². The molecule has 2 atom stereocenters. The Hall–Kier alpha value is -0.510. The van der Waals surface area contributed by atoms with Crippen molar-refractivity contribution in [2.24, 2.45) is 0 Å². The molecule has 2 heterocycles. The molecule has 0 N–H and O–H groups in total. The van der Waals surface area contributed by atoms with E-state index in [1.165, 1.54) is 30.0 Å². The molecule has 2 aliphatic heterocycles. The number of nitrogens with zero attached hydrogens (tertiary/aromatic N) is 2. The number of rotatable bonds is 4. The molecule has 21 heavy (non-hydrogen) atoms. The van der Waals surface area contributed by atoms with Crippen molar-refractivity contribution in [1.29, 1.82) is 0 Å². The molecule has 3 rings (SSSR count). The molecule has 0 amide bonds. The first-order valence-corrected chi connectivity index (χ1v) is 9.52. The summed E-state index contributed by atoms with van der Waals surface area (Å²) in [7, 11) is 0. The molecule has 0 spiro atoms. The van der Waals surface area contributed by atoms with Gasteiger partial charge < -0.3 is 0 Å². The van der Waals surface area contributed by atoms with Crippen molar-refractivity contribution in [2.45, 2.75) is 63.7 Å². The van der Waals surface area contributed by atoms with Crippen LogP contribution in [0.25, 0.3) is 0 Å². The van der Waals surface area contributed by atoms with E-state index in [-0.39, 0.29) is 0 Å². The number of hydrogen-bond acceptors (Lipinski definition) is 3. The van der Waals surface area contributed by atoms with E-state index in [1.807, 2.05) is 25.6 Å². The minimum Gasteiger partial charge on any atom is -0.295 e. The maximum absolute atomic E-state index is 2.68. The van der Waals surface area contributed by atoms with Crippen LogP contribution in [0.2, 0.25) is 0 Å². The number of thioether (sulfide) groups is 1. The Morgan fingerprint density at radius 1 is 1.19 bits per heavy atom. The van der Waals surface area contributed by atoms with Crippen LogP contribution in [0.15, 0.2) is 29.2 Å². The van der Waals surface area contributed by atoms with Crippen LogP contribution in [0.5, 0.6) is 0 Å². The van der Waals surface area contributed by atoms with Gasteiger partial charge in [0.15, 0.2) is 0 Å². The van der Waals surface area contributed by atoms with Crippen molar-refractivity contribution in [2.75, 3.05) is 19.3 Å². The van der Waals surface area contributed by atoms with Crippen molar-refractivity contribution in [3.63, 3.8) is 0 Å². The summed E-state index contributed by atoms with van der Waals surface area (Å²) in [6, 6.07) is 11.3. The fourth-order valence-corrected chi connectivity index (χ4v) is 4.10. The number of fused-ring (bicyclic) bond motifs is 2. The first kappa shape index (κ1) is 16.9. The van der Waals surface area contributed by atoms with Gasteiger partial charge in [0.1, 0.15) is 0 Å². The van der Waals surface area contributed by atoms with Gasteiger partial charge in [0, 0.05) is 42.7 Å². The molecule has 118 valence electrons. The van der Waals surface area contributed by atoms with E-state index in [9.17, 15) is 0 Å². The van der Waals surface area contributed by atoms with Gasteiger partial charge in [-0.15, -0.1) is 11.8 Å². The van der Waals surface area contributed by atoms with Gasteiger partial charge >= 0.3 is 0 Å². The van der Waals surface area contributed by atoms with Crippen LogP contribution in [0.1, 0.15) is 39.7 Å². The third-order valence-electron chi connectivity index (χ3n) is 4.58. The lowest BCUT2D eigenvalue weighted by Crippen LogP contribution is -2.48. The van der Waals surface area contributed by atoms with Crippen molar-refractivity contribution < 1.29 is 0 Å². The van der Waals surface area contributed by atoms with Crippen LogP contribution in [0, 0.1) is 0 Å². The van der Waals surface area contributed by atoms with Gasteiger partial charge in [-0.3, -0.25) is 9.80 Å². The molecule has 2 saturated heterocycles. The molecule has 2 fully saturated rings. The van der Waals surface area contributed by atoms with Gasteiger partial charge in [-0.1, -0.05) is 26.0 Å². The van der Waals surface area contributed by atoms with E-state index >= 15 is 0 Å². The number of hydrogen-bond donors (Lipinski definition) is 0. The molecule has 2 nitrogen and oxygen atoms in total. The predicted molar refractivity (Wildman–Crippen MR) is 94.0 cm³/mol. The maximum Gasteiger partial charge on any atom is 0.0242 e. The Morgan fingerprint density at radius 2 is 1.95 bits per heavy atom. The van der Waals surface area contributed by atoms with Gasteiger partial charge in [0.25, 0.3) is 0 Å². The molecule has 2 aliphatic rings. The second-order valence-electron chi connectivity index (χ2n) is 6.11. The topological polar surface area (TPSA) is 6.48 Å². The minimum atomic E-state index is 0.706. The van der Waals surface area contributed by atoms with E-state index in [2.05, 4.69) is 54.2 Å². The van der Waals surface area contributed by atoms with Crippen molar-refractivity contribution in [3.8, 4) is 0 Å². The largest absolute Gasteiger partial charge is 0.295 e. The first-order chi connectivity index (χ1) is 10.2. The van der Waals surface area contributed by atoms with Crippen LogP contribution in [0.3, 0.4) is 0 Å². The number of benzene rings is 1. The first-order valence-electron chi connectivity index (χ1n) is 8.30. The molecule has 2 unspecified atom stereocenters. The molecule has 0 aliphatic carbocycles. The summed E-state index contributed by atoms with van der Waals surface area (Å²) in [6.07, 6.45) is 3.53. The highest BCUT2D eigenvalue weighted by molar-refractivity contribution is 7.98. The van der Waals surface area contributed by atoms with Crippen molar-refractivity contribution in [1.82, 2.24) is 9.80 Å². The molecule has 2 bridgehead atoms. The monoisotopic (exact) mass is 306 g/mol. The van der Waals surface area contributed by atoms with Crippen LogP contribution in [-0.2, 0) is 6.54 Å². The van der Waals surface area contributed by atoms with Gasteiger partial charge in [-0.05, 0) is 44.2 Å². The summed E-state index contributed by atoms with van der Waals surface area (Å²) < 4.78 is 0. The molecule has 1 aromatic carbocycles. The zero-order valence-electron chi connectivity index (χ0n) is 14.2. The summed E-state index contributed by atoms with van der Waals surface area (Å²) in [5.74, 6) is 0. The lowest BCUT2D eigenvalue weighted by atomic mass is 10.2. The normalized spacial score (nSPS) is 25.2. The molecule has 0 saturated carbocycles. The van der Waals surface area contributed by atoms with E-state index < -0.39 is 0 Å². The van der Waals surface area contributed by atoms with Crippen molar-refractivity contribution in [3.05, 3.63) is 29.8 Å². The summed E-state index contributed by atoms with van der Waals surface area (Å²) in [5.41, 5.74) is 1.47. The number of piperazine rings is 1. The van der Waals surface area contributed by atoms with Crippen LogP contribution >= 0.6 is 11.8 Å². The molecule has 1 aromatic rings. The molecule has 3 heteroatoms. The fraction of sp³-hybridized carbons (Fsp3) is 0.667. The van der Waals surface area contributed by atoms with Gasteiger partial charge in [0.05, 0.1) is 0 Å². The summed E-state index contributed by atoms with van der Waals surface area (Å²) >= 11 is 1.83. The summed E-state index contributed by atoms with van der Waals surface area (Å²) in [6.45, 7) is 12.3. The van der Waals surface area contributed by atoms with E-state index in [1.54, 1.807) is 0 Å². The molecule has 0 aromatic heterocycles. The van der Waals surface area contributed by atoms with Crippen molar-refractivity contribution >= 4 is 11.8 Å². The summed E-state index contributed by atoms with van der Waals surface area (Å²) in [5, 5.41) is 0. The second kappa shape index (κ2) is 7.66.